The predicted octanol–water partition coefficient (Wildman–Crippen LogP) is 7.86. The minimum Gasteiger partial charge on any atom is -0.451 e. The molecule has 4 aromatic rings. The van der Waals surface area contributed by atoms with Crippen molar-refractivity contribution in [2.45, 2.75) is 6.42 Å². The van der Waals surface area contributed by atoms with E-state index in [1.165, 1.54) is 11.3 Å². The van der Waals surface area contributed by atoms with Gasteiger partial charge in [-0.2, -0.15) is 0 Å². The van der Waals surface area contributed by atoms with Crippen LogP contribution >= 0.6 is 57.7 Å². The fourth-order valence-electron chi connectivity index (χ4n) is 2.75. The molecule has 1 amide bonds. The summed E-state index contributed by atoms with van der Waals surface area (Å²) in [5, 5.41) is 5.19. The fraction of sp³-hybridized carbons (Fsp3) is 0.0476. The lowest BCUT2D eigenvalue weighted by atomic mass is 10.1. The van der Waals surface area contributed by atoms with E-state index >= 15 is 0 Å². The van der Waals surface area contributed by atoms with E-state index in [2.05, 4.69) is 10.3 Å². The van der Waals surface area contributed by atoms with Gasteiger partial charge in [0.1, 0.15) is 5.76 Å². The largest absolute Gasteiger partial charge is 0.451 e. The van der Waals surface area contributed by atoms with Crippen molar-refractivity contribution in [2.24, 2.45) is 0 Å². The van der Waals surface area contributed by atoms with Crippen molar-refractivity contribution in [3.63, 3.8) is 0 Å². The highest BCUT2D eigenvalue weighted by Crippen LogP contribution is 2.32. The quantitative estimate of drug-likeness (QED) is 0.305. The Kier molecular flexibility index (Phi) is 6.37. The molecule has 0 aliphatic heterocycles. The van der Waals surface area contributed by atoms with Crippen LogP contribution < -0.4 is 5.32 Å². The number of aromatic nitrogens is 1. The lowest BCUT2D eigenvalue weighted by Gasteiger charge is -2.02. The third kappa shape index (κ3) is 4.82. The molecule has 2 aromatic heterocycles. The maximum absolute atomic E-state index is 12.5. The molecule has 0 aliphatic carbocycles. The van der Waals surface area contributed by atoms with Gasteiger partial charge < -0.3 is 4.42 Å². The number of thiazole rings is 1. The van der Waals surface area contributed by atoms with Crippen molar-refractivity contribution in [3.8, 4) is 11.3 Å². The van der Waals surface area contributed by atoms with Gasteiger partial charge in [0.15, 0.2) is 10.9 Å². The second-order valence-corrected chi connectivity index (χ2v) is 9.07. The number of rotatable bonds is 5. The molecule has 0 bridgehead atoms. The van der Waals surface area contributed by atoms with Gasteiger partial charge in [0.2, 0.25) is 0 Å². The predicted molar refractivity (Wildman–Crippen MR) is 123 cm³/mol. The minimum atomic E-state index is -0.401. The maximum Gasteiger partial charge on any atom is 0.293 e. The van der Waals surface area contributed by atoms with E-state index in [9.17, 15) is 4.79 Å². The van der Waals surface area contributed by atoms with Crippen molar-refractivity contribution in [1.29, 1.82) is 0 Å². The van der Waals surface area contributed by atoms with Crippen LogP contribution in [0.25, 0.3) is 11.3 Å². The summed E-state index contributed by atoms with van der Waals surface area (Å²) < 4.78 is 5.66. The molecule has 0 atom stereocenters. The zero-order valence-electron chi connectivity index (χ0n) is 15.1. The molecule has 4 rings (SSSR count). The molecular formula is C21H12Cl4N2O2S. The van der Waals surface area contributed by atoms with Gasteiger partial charge in [0.05, 0.1) is 15.1 Å². The summed E-state index contributed by atoms with van der Waals surface area (Å²) in [7, 11) is 0. The number of nitrogens with one attached hydrogen (secondary N) is 1. The second-order valence-electron chi connectivity index (χ2n) is 6.30. The molecule has 0 radical (unpaired) electrons. The van der Waals surface area contributed by atoms with Crippen LogP contribution in [0.5, 0.6) is 0 Å². The summed E-state index contributed by atoms with van der Waals surface area (Å²) in [6.07, 6.45) is 2.34. The summed E-state index contributed by atoms with van der Waals surface area (Å²) in [5.41, 5.74) is 1.65. The van der Waals surface area contributed by atoms with Gasteiger partial charge in [-0.25, -0.2) is 4.98 Å². The zero-order chi connectivity index (χ0) is 21.3. The van der Waals surface area contributed by atoms with Crippen LogP contribution in [-0.2, 0) is 6.42 Å². The van der Waals surface area contributed by atoms with Crippen LogP contribution in [-0.4, -0.2) is 10.9 Å². The highest BCUT2D eigenvalue weighted by atomic mass is 35.5. The van der Waals surface area contributed by atoms with E-state index in [1.807, 2.05) is 12.1 Å². The average molecular weight is 498 g/mol. The second kappa shape index (κ2) is 9.00. The van der Waals surface area contributed by atoms with Crippen molar-refractivity contribution in [3.05, 3.63) is 91.0 Å². The van der Waals surface area contributed by atoms with Gasteiger partial charge in [0, 0.05) is 28.1 Å². The molecule has 0 saturated heterocycles. The summed E-state index contributed by atoms with van der Waals surface area (Å²) in [6.45, 7) is 0. The van der Waals surface area contributed by atoms with Crippen molar-refractivity contribution < 1.29 is 9.21 Å². The Balaban J connectivity index is 1.44. The number of anilines is 1. The molecule has 0 unspecified atom stereocenters. The van der Waals surface area contributed by atoms with Gasteiger partial charge in [-0.1, -0.05) is 52.5 Å². The van der Waals surface area contributed by atoms with Gasteiger partial charge in [-0.15, -0.1) is 11.3 Å². The van der Waals surface area contributed by atoms with Crippen LogP contribution in [0.1, 0.15) is 21.0 Å². The number of hydrogen-bond acceptors (Lipinski definition) is 4. The number of amides is 1. The first-order chi connectivity index (χ1) is 14.4. The van der Waals surface area contributed by atoms with Crippen LogP contribution in [0.3, 0.4) is 0 Å². The third-order valence-corrected chi connectivity index (χ3v) is 6.36. The van der Waals surface area contributed by atoms with E-state index in [1.54, 1.807) is 42.6 Å². The van der Waals surface area contributed by atoms with Crippen LogP contribution in [0.2, 0.25) is 20.1 Å². The molecule has 4 nitrogen and oxygen atoms in total. The average Bonchev–Trinajstić information content (AvgIpc) is 3.35. The lowest BCUT2D eigenvalue weighted by molar-refractivity contribution is 0.0997. The van der Waals surface area contributed by atoms with Crippen LogP contribution in [0.4, 0.5) is 5.13 Å². The standard InChI is InChI=1S/C21H12Cl4N2O2S/c22-12-2-3-14(16(24)9-12)18-5-6-19(29-18)20(28)27-21-26-10-13(30-21)7-11-1-4-15(23)17(25)8-11/h1-6,8-10H,7H2,(H,26,27,28). The summed E-state index contributed by atoms with van der Waals surface area (Å²) >= 11 is 25.5. The first-order valence-electron chi connectivity index (χ1n) is 8.64. The smallest absolute Gasteiger partial charge is 0.293 e. The number of benzene rings is 2. The highest BCUT2D eigenvalue weighted by Gasteiger charge is 2.16. The number of nitrogens with zero attached hydrogens (tertiary/aromatic N) is 1. The monoisotopic (exact) mass is 496 g/mol. The minimum absolute atomic E-state index is 0.150. The van der Waals surface area contributed by atoms with Crippen LogP contribution in [0.15, 0.2) is 59.1 Å². The van der Waals surface area contributed by atoms with Crippen molar-refractivity contribution >= 4 is 68.8 Å². The van der Waals surface area contributed by atoms with E-state index in [0.717, 1.165) is 10.4 Å². The first kappa shape index (κ1) is 21.2. The Morgan fingerprint density at radius 2 is 1.80 bits per heavy atom. The number of carbonyl (C=O) groups is 1. The molecule has 0 spiro atoms. The molecule has 0 fully saturated rings. The highest BCUT2D eigenvalue weighted by molar-refractivity contribution is 7.15. The van der Waals surface area contributed by atoms with Crippen molar-refractivity contribution in [1.82, 2.24) is 4.98 Å². The van der Waals surface area contributed by atoms with Gasteiger partial charge in [-0.3, -0.25) is 10.1 Å². The summed E-state index contributed by atoms with van der Waals surface area (Å²) in [6, 6.07) is 13.8. The van der Waals surface area contributed by atoms with Gasteiger partial charge >= 0.3 is 0 Å². The Morgan fingerprint density at radius 1 is 0.967 bits per heavy atom. The SMILES string of the molecule is O=C(Nc1ncc(Cc2ccc(Cl)c(Cl)c2)s1)c1ccc(-c2ccc(Cl)cc2Cl)o1. The Bertz CT molecular complexity index is 1240. The van der Waals surface area contributed by atoms with E-state index in [-0.39, 0.29) is 5.76 Å². The molecule has 9 heteroatoms. The molecule has 0 aliphatic rings. The molecule has 0 saturated carbocycles. The molecule has 152 valence electrons. The molecule has 1 N–H and O–H groups in total. The van der Waals surface area contributed by atoms with E-state index < -0.39 is 5.91 Å². The van der Waals surface area contributed by atoms with E-state index in [0.29, 0.717) is 43.0 Å². The summed E-state index contributed by atoms with van der Waals surface area (Å²) in [5.74, 6) is 0.222. The number of hydrogen-bond donors (Lipinski definition) is 1. The van der Waals surface area contributed by atoms with E-state index in [4.69, 9.17) is 50.8 Å². The first-order valence-corrected chi connectivity index (χ1v) is 11.0. The van der Waals surface area contributed by atoms with Gasteiger partial charge in [-0.05, 0) is 48.0 Å². The van der Waals surface area contributed by atoms with Crippen molar-refractivity contribution in [2.75, 3.05) is 5.32 Å². The molecular weight excluding hydrogens is 486 g/mol. The number of furan rings is 1. The molecule has 30 heavy (non-hydrogen) atoms. The molecule has 2 heterocycles. The lowest BCUT2D eigenvalue weighted by Crippen LogP contribution is -2.10. The number of carbonyl (C=O) groups excluding carboxylic acids is 1. The zero-order valence-corrected chi connectivity index (χ0v) is 18.9. The summed E-state index contributed by atoms with van der Waals surface area (Å²) in [4.78, 5) is 17.7. The normalized spacial score (nSPS) is 10.9. The maximum atomic E-state index is 12.5. The molecule has 2 aromatic carbocycles. The Hall–Kier alpha value is -2.02. The third-order valence-electron chi connectivity index (χ3n) is 4.16. The topological polar surface area (TPSA) is 55.1 Å². The van der Waals surface area contributed by atoms with Crippen LogP contribution in [0, 0.1) is 0 Å². The number of halogens is 4. The fourth-order valence-corrected chi connectivity index (χ4v) is 4.41. The Labute approximate surface area is 196 Å². The van der Waals surface area contributed by atoms with Gasteiger partial charge in [0.25, 0.3) is 5.91 Å². The Morgan fingerprint density at radius 3 is 2.57 bits per heavy atom.